The molecule has 0 spiro atoms. The molecule has 0 N–H and O–H groups in total. The molecule has 1 heteroatoms. The van der Waals surface area contributed by atoms with Crippen molar-refractivity contribution in [3.05, 3.63) is 42.0 Å². The minimum absolute atomic E-state index is 0.0587. The topological polar surface area (TPSA) is 3.24 Å². The van der Waals surface area contributed by atoms with Gasteiger partial charge in [-0.05, 0) is 44.7 Å². The van der Waals surface area contributed by atoms with E-state index >= 15 is 0 Å². The molecule has 0 unspecified atom stereocenters. The van der Waals surface area contributed by atoms with Gasteiger partial charge in [0.1, 0.15) is 0 Å². The average molecular weight is 412 g/mol. The van der Waals surface area contributed by atoms with Crippen LogP contribution in [0.5, 0.6) is 0 Å². The molecule has 2 rings (SSSR count). The fourth-order valence-corrected chi connectivity index (χ4v) is 4.95. The van der Waals surface area contributed by atoms with Crippen LogP contribution in [0.2, 0.25) is 0 Å². The van der Waals surface area contributed by atoms with Gasteiger partial charge in [-0.3, -0.25) is 0 Å². The van der Waals surface area contributed by atoms with Crippen LogP contribution in [0.15, 0.2) is 36.4 Å². The zero-order chi connectivity index (χ0) is 21.7. The van der Waals surface area contributed by atoms with E-state index in [0.717, 1.165) is 6.54 Å². The number of benzene rings is 1. The first-order chi connectivity index (χ1) is 14.6. The molecule has 0 fully saturated rings. The largest absolute Gasteiger partial charge is 0.362 e. The normalized spacial score (nSPS) is 13.6. The zero-order valence-corrected chi connectivity index (χ0v) is 20.5. The van der Waals surface area contributed by atoms with Gasteiger partial charge in [0.25, 0.3) is 0 Å². The summed E-state index contributed by atoms with van der Waals surface area (Å²) in [4.78, 5) is 2.58. The molecule has 1 aliphatic rings. The predicted molar refractivity (Wildman–Crippen MR) is 136 cm³/mol. The van der Waals surface area contributed by atoms with Crippen LogP contribution in [-0.4, -0.2) is 12.1 Å². The molecule has 0 saturated carbocycles. The monoisotopic (exact) mass is 411 g/mol. The number of fused-ring (bicyclic) bond motifs is 1. The van der Waals surface area contributed by atoms with Crippen molar-refractivity contribution in [2.24, 2.45) is 0 Å². The van der Waals surface area contributed by atoms with Gasteiger partial charge in [0.2, 0.25) is 0 Å². The molecule has 0 bridgehead atoms. The molecule has 1 aromatic carbocycles. The second-order valence-corrected chi connectivity index (χ2v) is 10.0. The second-order valence-electron chi connectivity index (χ2n) is 10.0. The van der Waals surface area contributed by atoms with Crippen molar-refractivity contribution in [3.8, 4) is 0 Å². The first kappa shape index (κ1) is 25.0. The molecular weight excluding hydrogens is 362 g/mol. The summed E-state index contributed by atoms with van der Waals surface area (Å²) in [5.74, 6) is 0. The molecule has 1 aliphatic heterocycles. The highest BCUT2D eigenvalue weighted by Gasteiger charge is 2.33. The lowest BCUT2D eigenvalue weighted by molar-refractivity contribution is 0.506. The molecule has 0 aliphatic carbocycles. The maximum absolute atomic E-state index is 4.50. The van der Waals surface area contributed by atoms with Gasteiger partial charge in [-0.15, -0.1) is 0 Å². The van der Waals surface area contributed by atoms with E-state index in [-0.39, 0.29) is 5.54 Å². The number of anilines is 1. The van der Waals surface area contributed by atoms with Crippen LogP contribution in [0, 0.1) is 0 Å². The predicted octanol–water partition coefficient (Wildman–Crippen LogP) is 9.26. The van der Waals surface area contributed by atoms with E-state index in [4.69, 9.17) is 0 Å². The van der Waals surface area contributed by atoms with Gasteiger partial charge in [-0.25, -0.2) is 0 Å². The molecule has 1 nitrogen and oxygen atoms in total. The summed E-state index contributed by atoms with van der Waals surface area (Å²) in [5, 5.41) is 0. The molecule has 0 radical (unpaired) electrons. The number of para-hydroxylation sites is 1. The summed E-state index contributed by atoms with van der Waals surface area (Å²) >= 11 is 0. The lowest BCUT2D eigenvalue weighted by Gasteiger charge is -2.40. The zero-order valence-electron chi connectivity index (χ0n) is 20.5. The van der Waals surface area contributed by atoms with Crippen LogP contribution in [0.3, 0.4) is 0 Å². The Balaban J connectivity index is 1.48. The summed E-state index contributed by atoms with van der Waals surface area (Å²) in [6, 6.07) is 8.90. The molecule has 0 atom stereocenters. The smallest absolute Gasteiger partial charge is 0.0555 e. The van der Waals surface area contributed by atoms with Crippen LogP contribution in [0.1, 0.15) is 123 Å². The quantitative estimate of drug-likeness (QED) is 0.182. The van der Waals surface area contributed by atoms with Gasteiger partial charge < -0.3 is 4.90 Å². The number of nitrogens with zero attached hydrogens (tertiary/aromatic N) is 1. The third-order valence-electron chi connectivity index (χ3n) is 7.26. The van der Waals surface area contributed by atoms with Crippen molar-refractivity contribution >= 4 is 5.69 Å². The van der Waals surface area contributed by atoms with E-state index in [1.807, 2.05) is 0 Å². The molecule has 1 heterocycles. The van der Waals surface area contributed by atoms with Crippen molar-refractivity contribution in [3.63, 3.8) is 0 Å². The van der Waals surface area contributed by atoms with Crippen LogP contribution < -0.4 is 4.90 Å². The van der Waals surface area contributed by atoms with Crippen molar-refractivity contribution < 1.29 is 0 Å². The van der Waals surface area contributed by atoms with Crippen LogP contribution in [-0.2, 0) is 6.42 Å². The van der Waals surface area contributed by atoms with E-state index in [2.05, 4.69) is 56.5 Å². The number of rotatable bonds is 17. The van der Waals surface area contributed by atoms with Crippen LogP contribution in [0.4, 0.5) is 5.69 Å². The van der Waals surface area contributed by atoms with Crippen LogP contribution >= 0.6 is 0 Å². The molecule has 170 valence electrons. The van der Waals surface area contributed by atoms with E-state index in [1.54, 1.807) is 0 Å². The lowest BCUT2D eigenvalue weighted by atomic mass is 9.89. The van der Waals surface area contributed by atoms with Crippen molar-refractivity contribution in [2.45, 2.75) is 129 Å². The number of unbranched alkanes of at least 4 members (excludes halogenated alkanes) is 13. The third kappa shape index (κ3) is 8.12. The van der Waals surface area contributed by atoms with Gasteiger partial charge in [0.05, 0.1) is 5.54 Å². The fourth-order valence-electron chi connectivity index (χ4n) is 4.95. The molecule has 0 amide bonds. The number of hydrogen-bond acceptors (Lipinski definition) is 1. The van der Waals surface area contributed by atoms with Gasteiger partial charge >= 0.3 is 0 Å². The van der Waals surface area contributed by atoms with Gasteiger partial charge in [0, 0.05) is 12.2 Å². The third-order valence-corrected chi connectivity index (χ3v) is 7.26. The Labute approximate surface area is 188 Å². The first-order valence-electron chi connectivity index (χ1n) is 13.1. The van der Waals surface area contributed by atoms with E-state index < -0.39 is 0 Å². The first-order valence-corrected chi connectivity index (χ1v) is 13.1. The maximum atomic E-state index is 4.50. The van der Waals surface area contributed by atoms with Crippen molar-refractivity contribution in [2.75, 3.05) is 11.4 Å². The molecule has 1 aromatic rings. The number of hydrogen-bond donors (Lipinski definition) is 0. The summed E-state index contributed by atoms with van der Waals surface area (Å²) in [6.07, 6.45) is 22.2. The maximum Gasteiger partial charge on any atom is 0.0555 e. The van der Waals surface area contributed by atoms with Crippen molar-refractivity contribution in [1.82, 2.24) is 0 Å². The minimum atomic E-state index is 0.0587. The van der Waals surface area contributed by atoms with Gasteiger partial charge in [-0.1, -0.05) is 121 Å². The summed E-state index contributed by atoms with van der Waals surface area (Å²) in [7, 11) is 0. The Morgan fingerprint density at radius 3 is 1.87 bits per heavy atom. The summed E-state index contributed by atoms with van der Waals surface area (Å²) in [5.41, 5.74) is 4.38. The van der Waals surface area contributed by atoms with Gasteiger partial charge in [-0.2, -0.15) is 0 Å². The highest BCUT2D eigenvalue weighted by Crippen LogP contribution is 2.37. The van der Waals surface area contributed by atoms with Crippen LogP contribution in [0.25, 0.3) is 0 Å². The molecular formula is C29H49N. The minimum Gasteiger partial charge on any atom is -0.362 e. The average Bonchev–Trinajstić information content (AvgIpc) is 3.19. The van der Waals surface area contributed by atoms with Gasteiger partial charge in [0.15, 0.2) is 0 Å². The van der Waals surface area contributed by atoms with E-state index in [0.29, 0.717) is 0 Å². The highest BCUT2D eigenvalue weighted by molar-refractivity contribution is 5.61. The summed E-state index contributed by atoms with van der Waals surface area (Å²) in [6.45, 7) is 12.7. The second kappa shape index (κ2) is 13.9. The molecule has 0 saturated heterocycles. The molecule has 0 aromatic heterocycles. The fraction of sp³-hybridized carbons (Fsp3) is 0.724. The standard InChI is InChI=1S/C29H49N/c1-5-6-7-8-9-10-11-12-13-14-15-16-17-18-21-26(2)29(3,4)30-25-24-27-22-19-20-23-28(27)30/h19-20,22-23H,2,5-18,21,24-25H2,1,3-4H3. The lowest BCUT2D eigenvalue weighted by Crippen LogP contribution is -2.44. The Morgan fingerprint density at radius 2 is 1.30 bits per heavy atom. The summed E-state index contributed by atoms with van der Waals surface area (Å²) < 4.78 is 0. The van der Waals surface area contributed by atoms with E-state index in [9.17, 15) is 0 Å². The van der Waals surface area contributed by atoms with Crippen molar-refractivity contribution in [1.29, 1.82) is 0 Å². The Bertz CT molecular complexity index is 600. The van der Waals surface area contributed by atoms with E-state index in [1.165, 1.54) is 120 Å². The Morgan fingerprint density at radius 1 is 0.800 bits per heavy atom. The Kier molecular flexibility index (Phi) is 11.6. The molecule has 30 heavy (non-hydrogen) atoms. The SMILES string of the molecule is C=C(CCCCCCCCCCCCCCCC)C(C)(C)N1CCc2ccccc21. The highest BCUT2D eigenvalue weighted by atomic mass is 15.2. The Hall–Kier alpha value is -1.24.